The topological polar surface area (TPSA) is 59.8 Å². The third-order valence-corrected chi connectivity index (χ3v) is 2.12. The number of amides is 1. The highest BCUT2D eigenvalue weighted by Crippen LogP contribution is 1.79. The van der Waals surface area contributed by atoms with Crippen molar-refractivity contribution in [3.63, 3.8) is 0 Å². The molecule has 0 aliphatic carbocycles. The van der Waals surface area contributed by atoms with E-state index in [1.165, 1.54) is 7.11 Å². The quantitative estimate of drug-likeness (QED) is 0.483. The lowest BCUT2D eigenvalue weighted by molar-refractivity contribution is -0.892. The molecule has 0 saturated carbocycles. The third kappa shape index (κ3) is 3.42. The molecular formula is C8H15N2O3+. The summed E-state index contributed by atoms with van der Waals surface area (Å²) in [5, 5.41) is 2.74. The van der Waals surface area contributed by atoms with Crippen molar-refractivity contribution in [2.45, 2.75) is 6.42 Å². The van der Waals surface area contributed by atoms with Crippen LogP contribution >= 0.6 is 0 Å². The number of hydrogen-bond donors (Lipinski definition) is 2. The molecule has 1 atom stereocenters. The summed E-state index contributed by atoms with van der Waals surface area (Å²) in [6.07, 6.45) is 0.388. The predicted octanol–water partition coefficient (Wildman–Crippen LogP) is -2.44. The summed E-state index contributed by atoms with van der Waals surface area (Å²) in [5.74, 6) is -0.149. The van der Waals surface area contributed by atoms with E-state index in [2.05, 4.69) is 10.1 Å². The Kier molecular flexibility index (Phi) is 3.70. The van der Waals surface area contributed by atoms with E-state index in [4.69, 9.17) is 0 Å². The number of hydrogen-bond acceptors (Lipinski definition) is 3. The number of piperazine rings is 1. The Balaban J connectivity index is 2.20. The maximum atomic E-state index is 10.9. The number of carbonyl (C=O) groups is 2. The van der Waals surface area contributed by atoms with Gasteiger partial charge in [0, 0.05) is 0 Å². The van der Waals surface area contributed by atoms with Crippen molar-refractivity contribution in [1.29, 1.82) is 0 Å². The highest BCUT2D eigenvalue weighted by atomic mass is 16.5. The van der Waals surface area contributed by atoms with Gasteiger partial charge in [-0.05, 0) is 0 Å². The van der Waals surface area contributed by atoms with Gasteiger partial charge >= 0.3 is 5.97 Å². The van der Waals surface area contributed by atoms with Gasteiger partial charge in [-0.1, -0.05) is 0 Å². The average molecular weight is 187 g/mol. The van der Waals surface area contributed by atoms with Gasteiger partial charge in [0.25, 0.3) is 5.91 Å². The van der Waals surface area contributed by atoms with Gasteiger partial charge in [0.1, 0.15) is 0 Å². The van der Waals surface area contributed by atoms with E-state index in [1.807, 2.05) is 0 Å². The van der Waals surface area contributed by atoms with E-state index in [9.17, 15) is 9.59 Å². The van der Waals surface area contributed by atoms with Crippen LogP contribution in [-0.2, 0) is 14.3 Å². The predicted molar refractivity (Wildman–Crippen MR) is 45.2 cm³/mol. The monoisotopic (exact) mass is 187 g/mol. The Morgan fingerprint density at radius 1 is 1.69 bits per heavy atom. The molecule has 0 aromatic heterocycles. The molecule has 1 aliphatic heterocycles. The summed E-state index contributed by atoms with van der Waals surface area (Å²) in [5.41, 5.74) is 0. The molecule has 0 aromatic rings. The fraction of sp³-hybridized carbons (Fsp3) is 0.750. The summed E-state index contributed by atoms with van der Waals surface area (Å²) >= 11 is 0. The van der Waals surface area contributed by atoms with Crippen molar-refractivity contribution in [2.75, 3.05) is 33.3 Å². The first kappa shape index (κ1) is 9.98. The van der Waals surface area contributed by atoms with Crippen molar-refractivity contribution in [1.82, 2.24) is 5.32 Å². The summed E-state index contributed by atoms with van der Waals surface area (Å²) in [4.78, 5) is 22.9. The van der Waals surface area contributed by atoms with E-state index in [0.717, 1.165) is 11.4 Å². The molecule has 0 aromatic carbocycles. The zero-order valence-electron chi connectivity index (χ0n) is 7.76. The van der Waals surface area contributed by atoms with Gasteiger partial charge in [-0.2, -0.15) is 0 Å². The Labute approximate surface area is 77.0 Å². The minimum atomic E-state index is -0.210. The molecule has 1 amide bonds. The van der Waals surface area contributed by atoms with Gasteiger partial charge in [0.2, 0.25) is 0 Å². The number of ether oxygens (including phenoxy) is 1. The second-order valence-electron chi connectivity index (χ2n) is 3.10. The normalized spacial score (nSPS) is 22.2. The van der Waals surface area contributed by atoms with Crippen LogP contribution in [0.2, 0.25) is 0 Å². The van der Waals surface area contributed by atoms with E-state index < -0.39 is 0 Å². The Morgan fingerprint density at radius 3 is 3.08 bits per heavy atom. The van der Waals surface area contributed by atoms with Crippen LogP contribution < -0.4 is 10.2 Å². The van der Waals surface area contributed by atoms with Crippen molar-refractivity contribution >= 4 is 11.9 Å². The van der Waals surface area contributed by atoms with Crippen LogP contribution in [0.4, 0.5) is 0 Å². The van der Waals surface area contributed by atoms with Gasteiger partial charge in [0.15, 0.2) is 6.54 Å². The summed E-state index contributed by atoms with van der Waals surface area (Å²) in [6.45, 7) is 2.75. The second kappa shape index (κ2) is 4.81. The Bertz CT molecular complexity index is 206. The first-order valence-corrected chi connectivity index (χ1v) is 4.39. The standard InChI is InChI=1S/C8H14N2O3/c1-13-8(12)2-4-10-5-3-9-7(11)6-10/h2-6H2,1H3,(H,9,11)/p+1. The minimum Gasteiger partial charge on any atom is -0.469 e. The lowest BCUT2D eigenvalue weighted by atomic mass is 10.3. The van der Waals surface area contributed by atoms with Crippen LogP contribution in [0.15, 0.2) is 0 Å². The number of carbonyl (C=O) groups excluding carboxylic acids is 2. The lowest BCUT2D eigenvalue weighted by Crippen LogP contribution is -3.15. The van der Waals surface area contributed by atoms with Crippen molar-refractivity contribution in [3.05, 3.63) is 0 Å². The molecule has 1 rings (SSSR count). The number of esters is 1. The summed E-state index contributed by atoms with van der Waals surface area (Å²) in [7, 11) is 1.38. The first-order valence-electron chi connectivity index (χ1n) is 4.39. The number of rotatable bonds is 3. The molecule has 1 heterocycles. The number of quaternary nitrogens is 1. The zero-order chi connectivity index (χ0) is 9.68. The van der Waals surface area contributed by atoms with Crippen LogP contribution in [0.5, 0.6) is 0 Å². The largest absolute Gasteiger partial charge is 0.469 e. The van der Waals surface area contributed by atoms with Crippen LogP contribution in [0.25, 0.3) is 0 Å². The number of nitrogens with one attached hydrogen (secondary N) is 2. The first-order chi connectivity index (χ1) is 6.22. The van der Waals surface area contributed by atoms with Crippen LogP contribution in [0, 0.1) is 0 Å². The molecule has 0 bridgehead atoms. The molecule has 0 radical (unpaired) electrons. The van der Waals surface area contributed by atoms with Crippen LogP contribution in [-0.4, -0.2) is 45.2 Å². The minimum absolute atomic E-state index is 0.0612. The Morgan fingerprint density at radius 2 is 2.46 bits per heavy atom. The molecule has 2 N–H and O–H groups in total. The van der Waals surface area contributed by atoms with E-state index in [-0.39, 0.29) is 11.9 Å². The third-order valence-electron chi connectivity index (χ3n) is 2.12. The van der Waals surface area contributed by atoms with Gasteiger partial charge in [0.05, 0.1) is 33.2 Å². The second-order valence-corrected chi connectivity index (χ2v) is 3.10. The van der Waals surface area contributed by atoms with E-state index in [1.54, 1.807) is 0 Å². The lowest BCUT2D eigenvalue weighted by Gasteiger charge is -2.22. The summed E-state index contributed by atoms with van der Waals surface area (Å²) in [6, 6.07) is 0. The molecule has 13 heavy (non-hydrogen) atoms. The van der Waals surface area contributed by atoms with Crippen LogP contribution in [0.1, 0.15) is 6.42 Å². The smallest absolute Gasteiger partial charge is 0.311 e. The fourth-order valence-corrected chi connectivity index (χ4v) is 1.35. The van der Waals surface area contributed by atoms with Gasteiger partial charge in [-0.25, -0.2) is 0 Å². The van der Waals surface area contributed by atoms with Gasteiger partial charge in [-0.15, -0.1) is 0 Å². The number of methoxy groups -OCH3 is 1. The van der Waals surface area contributed by atoms with Crippen molar-refractivity contribution < 1.29 is 19.2 Å². The molecule has 0 spiro atoms. The molecular weight excluding hydrogens is 172 g/mol. The van der Waals surface area contributed by atoms with Crippen LogP contribution in [0.3, 0.4) is 0 Å². The molecule has 1 aliphatic rings. The molecule has 1 fully saturated rings. The van der Waals surface area contributed by atoms with Crippen molar-refractivity contribution in [2.24, 2.45) is 0 Å². The maximum absolute atomic E-state index is 10.9. The summed E-state index contributed by atoms with van der Waals surface area (Å²) < 4.78 is 4.52. The highest BCUT2D eigenvalue weighted by molar-refractivity contribution is 5.77. The molecule has 1 saturated heterocycles. The van der Waals surface area contributed by atoms with E-state index in [0.29, 0.717) is 26.1 Å². The molecule has 74 valence electrons. The molecule has 5 nitrogen and oxygen atoms in total. The molecule has 5 heteroatoms. The maximum Gasteiger partial charge on any atom is 0.311 e. The SMILES string of the molecule is COC(=O)CC[NH+]1CCNC(=O)C1. The highest BCUT2D eigenvalue weighted by Gasteiger charge is 2.19. The van der Waals surface area contributed by atoms with E-state index >= 15 is 0 Å². The average Bonchev–Trinajstić information content (AvgIpc) is 2.14. The Hall–Kier alpha value is -1.10. The zero-order valence-corrected chi connectivity index (χ0v) is 7.76. The van der Waals surface area contributed by atoms with Gasteiger partial charge < -0.3 is 15.0 Å². The fourth-order valence-electron chi connectivity index (χ4n) is 1.35. The van der Waals surface area contributed by atoms with Gasteiger partial charge in [-0.3, -0.25) is 9.59 Å². The molecule has 1 unspecified atom stereocenters. The van der Waals surface area contributed by atoms with Crippen molar-refractivity contribution in [3.8, 4) is 0 Å².